The molecule has 1 aliphatic rings. The van der Waals surface area contributed by atoms with Crippen molar-refractivity contribution >= 4 is 23.0 Å². The van der Waals surface area contributed by atoms with Gasteiger partial charge >= 0.3 is 11.8 Å². The molecule has 2 atom stereocenters. The van der Waals surface area contributed by atoms with Gasteiger partial charge in [-0.3, -0.25) is 13.9 Å². The fourth-order valence-corrected chi connectivity index (χ4v) is 4.09. The molecule has 2 unspecified atom stereocenters. The Bertz CT molecular complexity index is 1050. The van der Waals surface area contributed by atoms with Crippen molar-refractivity contribution in [3.63, 3.8) is 0 Å². The smallest absolute Gasteiger partial charge is 0.407 e. The highest BCUT2D eigenvalue weighted by molar-refractivity contribution is 5.81. The van der Waals surface area contributed by atoms with Gasteiger partial charge in [0, 0.05) is 26.6 Å². The van der Waals surface area contributed by atoms with Gasteiger partial charge in [0.25, 0.3) is 0 Å². The summed E-state index contributed by atoms with van der Waals surface area (Å²) < 4.78 is 14.0. The number of aryl methyl sites for hydroxylation is 2. The SMILES string of the molecule is Cn1c(=O)n(C2CCC(=O)NC2O)c2cccc(CCCOCCNC(=O)OC(C)(C)C)c21. The Balaban J connectivity index is 1.57. The molecule has 0 saturated carbocycles. The first kappa shape index (κ1) is 24.8. The first-order valence-electron chi connectivity index (χ1n) is 11.3. The van der Waals surface area contributed by atoms with E-state index in [0.29, 0.717) is 32.6 Å². The first-order chi connectivity index (χ1) is 15.6. The summed E-state index contributed by atoms with van der Waals surface area (Å²) in [6.45, 7) is 6.67. The van der Waals surface area contributed by atoms with Crippen LogP contribution in [-0.2, 0) is 27.7 Å². The maximum absolute atomic E-state index is 13.0. The number of benzene rings is 1. The van der Waals surface area contributed by atoms with Crippen molar-refractivity contribution in [2.24, 2.45) is 7.05 Å². The number of piperidine rings is 1. The number of imidazole rings is 1. The van der Waals surface area contributed by atoms with E-state index >= 15 is 0 Å². The zero-order chi connectivity index (χ0) is 24.2. The van der Waals surface area contributed by atoms with Crippen LogP contribution >= 0.6 is 0 Å². The molecule has 10 nitrogen and oxygen atoms in total. The number of aliphatic hydroxyl groups excluding tert-OH is 1. The van der Waals surface area contributed by atoms with Crippen LogP contribution < -0.4 is 16.3 Å². The van der Waals surface area contributed by atoms with E-state index in [1.54, 1.807) is 16.2 Å². The largest absolute Gasteiger partial charge is 0.444 e. The number of amides is 2. The predicted octanol–water partition coefficient (Wildman–Crippen LogP) is 1.58. The van der Waals surface area contributed by atoms with Crippen LogP contribution in [0.5, 0.6) is 0 Å². The molecule has 33 heavy (non-hydrogen) atoms. The molecule has 1 aromatic carbocycles. The summed E-state index contributed by atoms with van der Waals surface area (Å²) in [6.07, 6.45) is 0.559. The van der Waals surface area contributed by atoms with Crippen LogP contribution in [0.2, 0.25) is 0 Å². The number of aliphatic hydroxyl groups is 1. The molecule has 0 spiro atoms. The lowest BCUT2D eigenvalue weighted by atomic mass is 10.0. The fraction of sp³-hybridized carbons (Fsp3) is 0.609. The Morgan fingerprint density at radius 3 is 2.73 bits per heavy atom. The van der Waals surface area contributed by atoms with Crippen LogP contribution in [0.3, 0.4) is 0 Å². The molecule has 0 aliphatic carbocycles. The van der Waals surface area contributed by atoms with Gasteiger partial charge in [-0.25, -0.2) is 9.59 Å². The summed E-state index contributed by atoms with van der Waals surface area (Å²) in [6, 6.07) is 5.24. The van der Waals surface area contributed by atoms with E-state index < -0.39 is 24.0 Å². The van der Waals surface area contributed by atoms with Crippen LogP contribution in [0.4, 0.5) is 4.79 Å². The van der Waals surface area contributed by atoms with Gasteiger partial charge in [0.05, 0.1) is 23.7 Å². The highest BCUT2D eigenvalue weighted by atomic mass is 16.6. The minimum absolute atomic E-state index is 0.214. The van der Waals surface area contributed by atoms with Gasteiger partial charge in [-0.05, 0) is 51.7 Å². The Labute approximate surface area is 192 Å². The Morgan fingerprint density at radius 1 is 1.27 bits per heavy atom. The number of para-hydroxylation sites is 1. The topological polar surface area (TPSA) is 124 Å². The Hall–Kier alpha value is -2.85. The molecule has 2 aromatic rings. The van der Waals surface area contributed by atoms with Crippen molar-refractivity contribution in [3.05, 3.63) is 34.2 Å². The Morgan fingerprint density at radius 2 is 2.03 bits per heavy atom. The van der Waals surface area contributed by atoms with Gasteiger partial charge < -0.3 is 25.2 Å². The third kappa shape index (κ3) is 6.14. The lowest BCUT2D eigenvalue weighted by Gasteiger charge is -2.29. The van der Waals surface area contributed by atoms with Crippen LogP contribution in [0.15, 0.2) is 23.0 Å². The average molecular weight is 463 g/mol. The summed E-state index contributed by atoms with van der Waals surface area (Å²) in [5.74, 6) is -0.214. The molecule has 1 fully saturated rings. The molecule has 1 aliphatic heterocycles. The van der Waals surface area contributed by atoms with E-state index in [2.05, 4.69) is 10.6 Å². The van der Waals surface area contributed by atoms with Gasteiger partial charge in [0.2, 0.25) is 5.91 Å². The van der Waals surface area contributed by atoms with Gasteiger partial charge in [-0.1, -0.05) is 12.1 Å². The predicted molar refractivity (Wildman–Crippen MR) is 123 cm³/mol. The highest BCUT2D eigenvalue weighted by Gasteiger charge is 2.31. The van der Waals surface area contributed by atoms with E-state index in [9.17, 15) is 19.5 Å². The summed E-state index contributed by atoms with van der Waals surface area (Å²) in [7, 11) is 1.72. The van der Waals surface area contributed by atoms with Crippen molar-refractivity contribution in [1.82, 2.24) is 19.8 Å². The Kier molecular flexibility index (Phi) is 7.80. The van der Waals surface area contributed by atoms with Crippen molar-refractivity contribution in [3.8, 4) is 0 Å². The molecule has 3 N–H and O–H groups in total. The zero-order valence-corrected chi connectivity index (χ0v) is 19.7. The minimum Gasteiger partial charge on any atom is -0.444 e. The van der Waals surface area contributed by atoms with Crippen molar-refractivity contribution < 1.29 is 24.2 Å². The molecule has 2 heterocycles. The van der Waals surface area contributed by atoms with Crippen molar-refractivity contribution in [2.75, 3.05) is 19.8 Å². The molecule has 1 aromatic heterocycles. The van der Waals surface area contributed by atoms with Gasteiger partial charge in [-0.2, -0.15) is 0 Å². The number of rotatable bonds is 8. The number of alkyl carbamates (subject to hydrolysis) is 1. The third-order valence-electron chi connectivity index (χ3n) is 5.51. The second-order valence-electron chi connectivity index (χ2n) is 9.26. The molecular weight excluding hydrogens is 428 g/mol. The number of nitrogens with one attached hydrogen (secondary N) is 2. The number of hydrogen-bond donors (Lipinski definition) is 3. The number of aromatic nitrogens is 2. The normalized spacial score (nSPS) is 18.9. The molecule has 0 bridgehead atoms. The number of carbonyl (C=O) groups is 2. The summed E-state index contributed by atoms with van der Waals surface area (Å²) in [4.78, 5) is 36.2. The molecule has 0 radical (unpaired) electrons. The van der Waals surface area contributed by atoms with E-state index in [-0.39, 0.29) is 18.0 Å². The molecular formula is C23H34N4O6. The molecule has 182 valence electrons. The summed E-state index contributed by atoms with van der Waals surface area (Å²) >= 11 is 0. The number of hydrogen-bond acceptors (Lipinski definition) is 6. The van der Waals surface area contributed by atoms with Crippen LogP contribution in [0.1, 0.15) is 51.6 Å². The van der Waals surface area contributed by atoms with E-state index in [1.807, 2.05) is 39.0 Å². The summed E-state index contributed by atoms with van der Waals surface area (Å²) in [5.41, 5.74) is 1.81. The third-order valence-corrected chi connectivity index (χ3v) is 5.51. The maximum Gasteiger partial charge on any atom is 0.407 e. The number of carbonyl (C=O) groups excluding carboxylic acids is 2. The maximum atomic E-state index is 13.0. The quantitative estimate of drug-likeness (QED) is 0.512. The first-order valence-corrected chi connectivity index (χ1v) is 11.3. The second-order valence-corrected chi connectivity index (χ2v) is 9.26. The van der Waals surface area contributed by atoms with Gasteiger partial charge in [0.15, 0.2) is 0 Å². The fourth-order valence-electron chi connectivity index (χ4n) is 4.09. The van der Waals surface area contributed by atoms with Crippen LogP contribution in [-0.4, -0.2) is 57.8 Å². The molecule has 2 amide bonds. The van der Waals surface area contributed by atoms with Gasteiger partial charge in [-0.15, -0.1) is 0 Å². The van der Waals surface area contributed by atoms with Gasteiger partial charge in [0.1, 0.15) is 11.8 Å². The lowest BCUT2D eigenvalue weighted by molar-refractivity contribution is -0.128. The highest BCUT2D eigenvalue weighted by Crippen LogP contribution is 2.27. The second kappa shape index (κ2) is 10.4. The van der Waals surface area contributed by atoms with Crippen molar-refractivity contribution in [2.45, 2.75) is 64.3 Å². The molecule has 10 heteroatoms. The lowest BCUT2D eigenvalue weighted by Crippen LogP contribution is -2.47. The standard InChI is InChI=1S/C23H34N4O6/c1-23(2,3)33-21(30)24-12-14-32-13-6-8-15-7-5-9-16-19(15)26(4)22(31)27(16)17-10-11-18(28)25-20(17)29/h5,7,9,17,20,29H,6,8,10-14H2,1-4H3,(H,24,30)(H,25,28). The van der Waals surface area contributed by atoms with E-state index in [0.717, 1.165) is 23.0 Å². The average Bonchev–Trinajstić information content (AvgIpc) is 2.97. The summed E-state index contributed by atoms with van der Waals surface area (Å²) in [5, 5.41) is 15.5. The number of fused-ring (bicyclic) bond motifs is 1. The van der Waals surface area contributed by atoms with Crippen molar-refractivity contribution in [1.29, 1.82) is 0 Å². The molecule has 1 saturated heterocycles. The number of ether oxygens (including phenoxy) is 2. The zero-order valence-electron chi connectivity index (χ0n) is 19.7. The molecule has 3 rings (SSSR count). The van der Waals surface area contributed by atoms with E-state index in [1.165, 1.54) is 0 Å². The van der Waals surface area contributed by atoms with Crippen LogP contribution in [0, 0.1) is 0 Å². The van der Waals surface area contributed by atoms with E-state index in [4.69, 9.17) is 9.47 Å². The van der Waals surface area contributed by atoms with Crippen LogP contribution in [0.25, 0.3) is 11.0 Å². The monoisotopic (exact) mass is 462 g/mol. The number of nitrogens with zero attached hydrogens (tertiary/aromatic N) is 2. The minimum atomic E-state index is -1.10.